The van der Waals surface area contributed by atoms with E-state index in [1.807, 2.05) is 37.3 Å². The molecule has 15 heavy (non-hydrogen) atoms. The normalized spacial score (nSPS) is 9.13. The van der Waals surface area contributed by atoms with Crippen LogP contribution < -0.4 is 9.64 Å². The molecule has 1 aromatic rings. The first kappa shape index (κ1) is 11.5. The number of nitriles is 1. The van der Waals surface area contributed by atoms with Gasteiger partial charge in [-0.05, 0) is 31.3 Å². The summed E-state index contributed by atoms with van der Waals surface area (Å²) in [5.41, 5.74) is 0.811. The molecule has 0 aliphatic rings. The predicted octanol–water partition coefficient (Wildman–Crippen LogP) is 2.37. The zero-order chi connectivity index (χ0) is 11.3. The minimum Gasteiger partial charge on any atom is -0.492 e. The Kier molecular flexibility index (Phi) is 4.07. The molecular formula is C11H12N2OS. The Morgan fingerprint density at radius 2 is 2.20 bits per heavy atom. The molecule has 1 aromatic carbocycles. The average Bonchev–Trinajstić information content (AvgIpc) is 2.28. The first-order chi connectivity index (χ1) is 7.20. The number of hydrogen-bond acceptors (Lipinski definition) is 3. The Balaban J connectivity index is 3.03. The van der Waals surface area contributed by atoms with Crippen LogP contribution in [0, 0.1) is 11.3 Å². The van der Waals surface area contributed by atoms with Crippen molar-refractivity contribution in [3.05, 3.63) is 24.3 Å². The van der Waals surface area contributed by atoms with E-state index in [0.717, 1.165) is 11.4 Å². The number of benzene rings is 1. The van der Waals surface area contributed by atoms with Gasteiger partial charge in [-0.15, -0.1) is 0 Å². The molecule has 4 heteroatoms. The molecule has 0 atom stereocenters. The maximum atomic E-state index is 8.71. The maximum Gasteiger partial charge on any atom is 0.185 e. The van der Waals surface area contributed by atoms with Crippen LogP contribution in [0.15, 0.2) is 24.3 Å². The van der Waals surface area contributed by atoms with E-state index in [1.54, 1.807) is 11.9 Å². The molecular weight excluding hydrogens is 208 g/mol. The third kappa shape index (κ3) is 2.67. The second kappa shape index (κ2) is 5.32. The number of nitrogens with zero attached hydrogens (tertiary/aromatic N) is 2. The number of anilines is 1. The summed E-state index contributed by atoms with van der Waals surface area (Å²) in [6.45, 7) is 2.50. The van der Waals surface area contributed by atoms with Crippen LogP contribution in [0.4, 0.5) is 5.69 Å². The van der Waals surface area contributed by atoms with Gasteiger partial charge in [0, 0.05) is 7.05 Å². The molecule has 0 saturated carbocycles. The molecule has 0 spiro atoms. The smallest absolute Gasteiger partial charge is 0.185 e. The van der Waals surface area contributed by atoms with Gasteiger partial charge in [-0.2, -0.15) is 5.26 Å². The molecule has 0 bridgehead atoms. The summed E-state index contributed by atoms with van der Waals surface area (Å²) in [5, 5.41) is 8.71. The summed E-state index contributed by atoms with van der Waals surface area (Å²) in [7, 11) is 1.75. The molecule has 1 rings (SSSR count). The monoisotopic (exact) mass is 220 g/mol. The molecule has 0 unspecified atom stereocenters. The number of rotatable bonds is 3. The molecule has 0 aliphatic heterocycles. The standard InChI is InChI=1S/C11H12N2OS/c1-3-14-10-7-5-4-6-9(10)13(2)11(15)8-12/h4-7H,3H2,1-2H3. The van der Waals surface area contributed by atoms with Gasteiger partial charge in [0.15, 0.2) is 4.99 Å². The van der Waals surface area contributed by atoms with Gasteiger partial charge < -0.3 is 9.64 Å². The van der Waals surface area contributed by atoms with E-state index in [4.69, 9.17) is 22.2 Å². The average molecular weight is 220 g/mol. The van der Waals surface area contributed by atoms with Gasteiger partial charge in [0.1, 0.15) is 11.8 Å². The molecule has 0 aromatic heterocycles. The summed E-state index contributed by atoms with van der Waals surface area (Å²) < 4.78 is 5.44. The van der Waals surface area contributed by atoms with E-state index < -0.39 is 0 Å². The fourth-order valence-electron chi connectivity index (χ4n) is 1.20. The Labute approximate surface area is 94.9 Å². The second-order valence-electron chi connectivity index (χ2n) is 2.88. The fraction of sp³-hybridized carbons (Fsp3) is 0.273. The van der Waals surface area contributed by atoms with Gasteiger partial charge in [0.2, 0.25) is 0 Å². The van der Waals surface area contributed by atoms with E-state index in [-0.39, 0.29) is 4.99 Å². The van der Waals surface area contributed by atoms with Crippen molar-refractivity contribution in [2.45, 2.75) is 6.92 Å². The van der Waals surface area contributed by atoms with E-state index in [1.165, 1.54) is 0 Å². The zero-order valence-electron chi connectivity index (χ0n) is 8.73. The van der Waals surface area contributed by atoms with Crippen molar-refractivity contribution in [3.63, 3.8) is 0 Å². The first-order valence-electron chi connectivity index (χ1n) is 4.60. The van der Waals surface area contributed by atoms with Crippen molar-refractivity contribution in [2.75, 3.05) is 18.6 Å². The highest BCUT2D eigenvalue weighted by molar-refractivity contribution is 7.81. The molecule has 0 aliphatic carbocycles. The molecule has 0 fully saturated rings. The fourth-order valence-corrected chi connectivity index (χ4v) is 1.29. The van der Waals surface area contributed by atoms with Crippen molar-refractivity contribution < 1.29 is 4.74 Å². The molecule has 0 saturated heterocycles. The molecule has 3 nitrogen and oxygen atoms in total. The van der Waals surface area contributed by atoms with Crippen LogP contribution in [0.1, 0.15) is 6.92 Å². The van der Waals surface area contributed by atoms with Crippen LogP contribution in [0.2, 0.25) is 0 Å². The van der Waals surface area contributed by atoms with Crippen molar-refractivity contribution >= 4 is 22.9 Å². The van der Waals surface area contributed by atoms with Gasteiger partial charge in [-0.1, -0.05) is 12.1 Å². The van der Waals surface area contributed by atoms with Gasteiger partial charge >= 0.3 is 0 Å². The number of thiocarbonyl (C=S) groups is 1. The quantitative estimate of drug-likeness (QED) is 0.733. The van der Waals surface area contributed by atoms with Crippen LogP contribution >= 0.6 is 12.2 Å². The summed E-state index contributed by atoms with van der Waals surface area (Å²) in [4.78, 5) is 1.86. The van der Waals surface area contributed by atoms with Crippen LogP contribution in [-0.2, 0) is 0 Å². The molecule has 0 N–H and O–H groups in total. The van der Waals surface area contributed by atoms with Gasteiger partial charge in [-0.25, -0.2) is 0 Å². The first-order valence-corrected chi connectivity index (χ1v) is 5.01. The number of hydrogen-bond donors (Lipinski definition) is 0. The summed E-state index contributed by atoms with van der Waals surface area (Å²) in [5.74, 6) is 0.736. The third-order valence-electron chi connectivity index (χ3n) is 1.93. The predicted molar refractivity (Wildman–Crippen MR) is 64.2 cm³/mol. The maximum absolute atomic E-state index is 8.71. The highest BCUT2D eigenvalue weighted by atomic mass is 32.1. The minimum atomic E-state index is 0.224. The van der Waals surface area contributed by atoms with Crippen molar-refractivity contribution in [1.82, 2.24) is 0 Å². The molecule has 0 radical (unpaired) electrons. The second-order valence-corrected chi connectivity index (χ2v) is 3.26. The van der Waals surface area contributed by atoms with E-state index in [9.17, 15) is 0 Å². The molecule has 78 valence electrons. The Morgan fingerprint density at radius 3 is 2.80 bits per heavy atom. The molecule has 0 amide bonds. The largest absolute Gasteiger partial charge is 0.492 e. The zero-order valence-corrected chi connectivity index (χ0v) is 9.54. The Morgan fingerprint density at radius 1 is 1.53 bits per heavy atom. The van der Waals surface area contributed by atoms with Crippen molar-refractivity contribution in [2.24, 2.45) is 0 Å². The highest BCUT2D eigenvalue weighted by Crippen LogP contribution is 2.27. The third-order valence-corrected chi connectivity index (χ3v) is 2.29. The lowest BCUT2D eigenvalue weighted by Gasteiger charge is -2.19. The van der Waals surface area contributed by atoms with E-state index in [2.05, 4.69) is 0 Å². The summed E-state index contributed by atoms with van der Waals surface area (Å²) in [6.07, 6.45) is 0. The van der Waals surface area contributed by atoms with Crippen molar-refractivity contribution in [1.29, 1.82) is 5.26 Å². The van der Waals surface area contributed by atoms with Crippen LogP contribution in [-0.4, -0.2) is 18.6 Å². The Hall–Kier alpha value is -1.60. The van der Waals surface area contributed by atoms with Crippen LogP contribution in [0.25, 0.3) is 0 Å². The lowest BCUT2D eigenvalue weighted by atomic mass is 10.2. The van der Waals surface area contributed by atoms with Crippen LogP contribution in [0.5, 0.6) is 5.75 Å². The van der Waals surface area contributed by atoms with Gasteiger partial charge in [0.05, 0.1) is 12.3 Å². The lowest BCUT2D eigenvalue weighted by Crippen LogP contribution is -2.23. The van der Waals surface area contributed by atoms with E-state index >= 15 is 0 Å². The van der Waals surface area contributed by atoms with E-state index in [0.29, 0.717) is 6.61 Å². The number of ether oxygens (including phenoxy) is 1. The lowest BCUT2D eigenvalue weighted by molar-refractivity contribution is 0.341. The number of para-hydroxylation sites is 2. The van der Waals surface area contributed by atoms with Crippen LogP contribution in [0.3, 0.4) is 0 Å². The topological polar surface area (TPSA) is 36.3 Å². The Bertz CT molecular complexity index is 398. The SMILES string of the molecule is CCOc1ccccc1N(C)C(=S)C#N. The minimum absolute atomic E-state index is 0.224. The molecule has 0 heterocycles. The van der Waals surface area contributed by atoms with Gasteiger partial charge in [0.25, 0.3) is 0 Å². The summed E-state index contributed by atoms with van der Waals surface area (Å²) >= 11 is 4.91. The summed E-state index contributed by atoms with van der Waals surface area (Å²) in [6, 6.07) is 9.43. The highest BCUT2D eigenvalue weighted by Gasteiger charge is 2.10. The van der Waals surface area contributed by atoms with Gasteiger partial charge in [-0.3, -0.25) is 0 Å². The van der Waals surface area contributed by atoms with Crippen molar-refractivity contribution in [3.8, 4) is 11.8 Å².